The lowest BCUT2D eigenvalue weighted by Gasteiger charge is -2.19. The number of hydrogen-bond donors (Lipinski definition) is 1. The maximum atomic E-state index is 12.0. The van der Waals surface area contributed by atoms with Crippen molar-refractivity contribution in [3.05, 3.63) is 34.3 Å². The molecule has 1 aliphatic rings. The SMILES string of the molecule is CC[C@@H](NC(=O)[C@H]1CCCO1)c1ccc(Br)cc1. The molecule has 2 atom stereocenters. The number of rotatable bonds is 4. The third-order valence-corrected chi connectivity index (χ3v) is 3.75. The van der Waals surface area contributed by atoms with E-state index in [1.165, 1.54) is 0 Å². The third kappa shape index (κ3) is 3.33. The highest BCUT2D eigenvalue weighted by molar-refractivity contribution is 9.10. The molecule has 0 saturated carbocycles. The predicted molar refractivity (Wildman–Crippen MR) is 74.3 cm³/mol. The van der Waals surface area contributed by atoms with E-state index in [2.05, 4.69) is 28.2 Å². The van der Waals surface area contributed by atoms with Crippen LogP contribution < -0.4 is 5.32 Å². The van der Waals surface area contributed by atoms with Crippen molar-refractivity contribution in [3.63, 3.8) is 0 Å². The van der Waals surface area contributed by atoms with Crippen molar-refractivity contribution in [1.82, 2.24) is 5.32 Å². The summed E-state index contributed by atoms with van der Waals surface area (Å²) in [6, 6.07) is 8.13. The van der Waals surface area contributed by atoms with E-state index < -0.39 is 0 Å². The lowest BCUT2D eigenvalue weighted by atomic mass is 10.0. The van der Waals surface area contributed by atoms with Crippen LogP contribution in [0.4, 0.5) is 0 Å². The largest absolute Gasteiger partial charge is 0.368 e. The first kappa shape index (κ1) is 13.6. The molecule has 1 heterocycles. The van der Waals surface area contributed by atoms with Crippen molar-refractivity contribution in [2.75, 3.05) is 6.61 Å². The van der Waals surface area contributed by atoms with Crippen molar-refractivity contribution in [2.45, 2.75) is 38.3 Å². The molecule has 0 bridgehead atoms. The molecule has 0 aliphatic carbocycles. The van der Waals surface area contributed by atoms with Gasteiger partial charge in [-0.1, -0.05) is 35.0 Å². The zero-order valence-electron chi connectivity index (χ0n) is 10.5. The molecule has 18 heavy (non-hydrogen) atoms. The van der Waals surface area contributed by atoms with Crippen molar-refractivity contribution in [1.29, 1.82) is 0 Å². The second-order valence-electron chi connectivity index (χ2n) is 4.52. The molecule has 0 unspecified atom stereocenters. The van der Waals surface area contributed by atoms with Gasteiger partial charge in [-0.3, -0.25) is 4.79 Å². The highest BCUT2D eigenvalue weighted by atomic mass is 79.9. The Kier molecular flexibility index (Phi) is 4.78. The zero-order chi connectivity index (χ0) is 13.0. The molecule has 4 heteroatoms. The van der Waals surface area contributed by atoms with Gasteiger partial charge >= 0.3 is 0 Å². The molecule has 1 saturated heterocycles. The van der Waals surface area contributed by atoms with Crippen LogP contribution in [0.25, 0.3) is 0 Å². The van der Waals surface area contributed by atoms with Crippen LogP contribution in [0, 0.1) is 0 Å². The van der Waals surface area contributed by atoms with Crippen LogP contribution in [-0.4, -0.2) is 18.6 Å². The average Bonchev–Trinajstić information content (AvgIpc) is 2.91. The van der Waals surface area contributed by atoms with Gasteiger partial charge in [0.15, 0.2) is 0 Å². The van der Waals surface area contributed by atoms with E-state index in [0.29, 0.717) is 6.61 Å². The highest BCUT2D eigenvalue weighted by Crippen LogP contribution is 2.21. The van der Waals surface area contributed by atoms with E-state index in [1.807, 2.05) is 24.3 Å². The van der Waals surface area contributed by atoms with E-state index in [0.717, 1.165) is 29.3 Å². The minimum atomic E-state index is -0.255. The molecule has 1 N–H and O–H groups in total. The number of ether oxygens (including phenoxy) is 1. The number of nitrogens with one attached hydrogen (secondary N) is 1. The van der Waals surface area contributed by atoms with Crippen LogP contribution in [0.5, 0.6) is 0 Å². The topological polar surface area (TPSA) is 38.3 Å². The highest BCUT2D eigenvalue weighted by Gasteiger charge is 2.25. The molecule has 0 aromatic heterocycles. The van der Waals surface area contributed by atoms with E-state index in [9.17, 15) is 4.79 Å². The first-order valence-electron chi connectivity index (χ1n) is 6.38. The maximum Gasteiger partial charge on any atom is 0.249 e. The number of halogens is 1. The third-order valence-electron chi connectivity index (χ3n) is 3.22. The summed E-state index contributed by atoms with van der Waals surface area (Å²) in [4.78, 5) is 12.0. The summed E-state index contributed by atoms with van der Waals surface area (Å²) in [7, 11) is 0. The van der Waals surface area contributed by atoms with Gasteiger partial charge in [0.2, 0.25) is 5.91 Å². The fourth-order valence-electron chi connectivity index (χ4n) is 2.17. The Labute approximate surface area is 116 Å². The normalized spacial score (nSPS) is 20.7. The van der Waals surface area contributed by atoms with Gasteiger partial charge in [0.25, 0.3) is 0 Å². The summed E-state index contributed by atoms with van der Waals surface area (Å²) >= 11 is 3.41. The maximum absolute atomic E-state index is 12.0. The van der Waals surface area contributed by atoms with E-state index in [1.54, 1.807) is 0 Å². The number of benzene rings is 1. The number of carbonyl (C=O) groups excluding carboxylic acids is 1. The van der Waals surface area contributed by atoms with E-state index in [-0.39, 0.29) is 18.1 Å². The van der Waals surface area contributed by atoms with E-state index >= 15 is 0 Å². The van der Waals surface area contributed by atoms with Gasteiger partial charge < -0.3 is 10.1 Å². The first-order chi connectivity index (χ1) is 8.70. The number of amides is 1. The van der Waals surface area contributed by atoms with Gasteiger partial charge in [0, 0.05) is 11.1 Å². The Bertz CT molecular complexity index is 399. The smallest absolute Gasteiger partial charge is 0.249 e. The Morgan fingerprint density at radius 1 is 1.50 bits per heavy atom. The second-order valence-corrected chi connectivity index (χ2v) is 5.44. The molecule has 1 aromatic carbocycles. The molecule has 0 spiro atoms. The summed E-state index contributed by atoms with van der Waals surface area (Å²) in [5, 5.41) is 3.07. The Morgan fingerprint density at radius 3 is 2.78 bits per heavy atom. The average molecular weight is 312 g/mol. The molecule has 1 aromatic rings. The molecule has 1 aliphatic heterocycles. The van der Waals surface area contributed by atoms with Gasteiger partial charge in [0.05, 0.1) is 6.04 Å². The summed E-state index contributed by atoms with van der Waals surface area (Å²) in [6.45, 7) is 2.77. The Morgan fingerprint density at radius 2 is 2.22 bits per heavy atom. The first-order valence-corrected chi connectivity index (χ1v) is 7.17. The molecular formula is C14H18BrNO2. The Balaban J connectivity index is 2.00. The van der Waals surface area contributed by atoms with Crippen molar-refractivity contribution in [3.8, 4) is 0 Å². The molecule has 3 nitrogen and oxygen atoms in total. The summed E-state index contributed by atoms with van der Waals surface area (Å²) in [6.07, 6.45) is 2.44. The fourth-order valence-corrected chi connectivity index (χ4v) is 2.43. The second kappa shape index (κ2) is 6.34. The summed E-state index contributed by atoms with van der Waals surface area (Å²) < 4.78 is 6.44. The van der Waals surface area contributed by atoms with Crippen LogP contribution in [0.2, 0.25) is 0 Å². The quantitative estimate of drug-likeness (QED) is 0.927. The predicted octanol–water partition coefficient (Wildman–Crippen LogP) is 3.20. The summed E-state index contributed by atoms with van der Waals surface area (Å²) in [5.74, 6) is 0.0160. The van der Waals surface area contributed by atoms with Gasteiger partial charge in [-0.25, -0.2) is 0 Å². The molecule has 1 fully saturated rings. The van der Waals surface area contributed by atoms with Crippen molar-refractivity contribution >= 4 is 21.8 Å². The molecule has 98 valence electrons. The van der Waals surface area contributed by atoms with Crippen molar-refractivity contribution in [2.24, 2.45) is 0 Å². The van der Waals surface area contributed by atoms with E-state index in [4.69, 9.17) is 4.74 Å². The monoisotopic (exact) mass is 311 g/mol. The molecule has 1 amide bonds. The van der Waals surface area contributed by atoms with Gasteiger partial charge in [-0.05, 0) is 37.0 Å². The lowest BCUT2D eigenvalue weighted by Crippen LogP contribution is -2.36. The minimum absolute atomic E-state index is 0.0160. The zero-order valence-corrected chi connectivity index (χ0v) is 12.1. The standard InChI is InChI=1S/C14H18BrNO2/c1-2-12(10-5-7-11(15)8-6-10)16-14(17)13-4-3-9-18-13/h5-8,12-13H,2-4,9H2,1H3,(H,16,17)/t12-,13-/m1/s1. The molecular weight excluding hydrogens is 294 g/mol. The fraction of sp³-hybridized carbons (Fsp3) is 0.500. The van der Waals surface area contributed by atoms with Gasteiger partial charge in [0.1, 0.15) is 6.10 Å². The minimum Gasteiger partial charge on any atom is -0.368 e. The van der Waals surface area contributed by atoms with Crippen LogP contribution in [0.15, 0.2) is 28.7 Å². The number of carbonyl (C=O) groups is 1. The van der Waals surface area contributed by atoms with Crippen LogP contribution in [0.3, 0.4) is 0 Å². The van der Waals surface area contributed by atoms with Crippen LogP contribution in [0.1, 0.15) is 37.8 Å². The van der Waals surface area contributed by atoms with Crippen LogP contribution >= 0.6 is 15.9 Å². The van der Waals surface area contributed by atoms with Crippen molar-refractivity contribution < 1.29 is 9.53 Å². The molecule has 0 radical (unpaired) electrons. The van der Waals surface area contributed by atoms with Gasteiger partial charge in [-0.15, -0.1) is 0 Å². The van der Waals surface area contributed by atoms with Crippen LogP contribution in [-0.2, 0) is 9.53 Å². The lowest BCUT2D eigenvalue weighted by molar-refractivity contribution is -0.130. The Hall–Kier alpha value is -0.870. The molecule has 2 rings (SSSR count). The van der Waals surface area contributed by atoms with Gasteiger partial charge in [-0.2, -0.15) is 0 Å². The summed E-state index contributed by atoms with van der Waals surface area (Å²) in [5.41, 5.74) is 1.13. The number of hydrogen-bond acceptors (Lipinski definition) is 2.